The second kappa shape index (κ2) is 5.72. The van der Waals surface area contributed by atoms with Crippen molar-refractivity contribution in [2.24, 2.45) is 0 Å². The average Bonchev–Trinajstić information content (AvgIpc) is 3.04. The van der Waals surface area contributed by atoms with Crippen LogP contribution in [0.4, 0.5) is 9.93 Å². The second-order valence-electron chi connectivity index (χ2n) is 4.93. The molecule has 0 aliphatic carbocycles. The monoisotopic (exact) mass is 318 g/mol. The van der Waals surface area contributed by atoms with Crippen LogP contribution in [0.25, 0.3) is 0 Å². The highest BCUT2D eigenvalue weighted by Crippen LogP contribution is 2.29. The van der Waals surface area contributed by atoms with Gasteiger partial charge in [0.05, 0.1) is 5.69 Å². The van der Waals surface area contributed by atoms with Crippen molar-refractivity contribution in [3.8, 4) is 0 Å². The third-order valence-corrected chi connectivity index (χ3v) is 4.57. The Hall–Kier alpha value is -2.48. The van der Waals surface area contributed by atoms with E-state index < -0.39 is 5.97 Å². The van der Waals surface area contributed by atoms with E-state index in [4.69, 9.17) is 5.11 Å². The van der Waals surface area contributed by atoms with Gasteiger partial charge in [0, 0.05) is 32.0 Å². The van der Waals surface area contributed by atoms with Gasteiger partial charge in [-0.25, -0.2) is 14.6 Å². The van der Waals surface area contributed by atoms with E-state index in [-0.39, 0.29) is 10.9 Å². The van der Waals surface area contributed by atoms with Crippen molar-refractivity contribution >= 4 is 28.5 Å². The molecule has 1 saturated heterocycles. The molecule has 22 heavy (non-hydrogen) atoms. The van der Waals surface area contributed by atoms with Crippen molar-refractivity contribution in [3.05, 3.63) is 40.7 Å². The Labute approximate surface area is 130 Å². The number of aryl methyl sites for hydroxylation is 1. The fraction of sp³-hybridized carbons (Fsp3) is 0.286. The van der Waals surface area contributed by atoms with E-state index in [9.17, 15) is 9.59 Å². The van der Waals surface area contributed by atoms with E-state index >= 15 is 0 Å². The molecule has 2 aromatic rings. The van der Waals surface area contributed by atoms with Gasteiger partial charge in [0.15, 0.2) is 5.13 Å². The Kier molecular flexibility index (Phi) is 3.76. The van der Waals surface area contributed by atoms with Crippen molar-refractivity contribution in [1.82, 2.24) is 14.9 Å². The number of hydrogen-bond acceptors (Lipinski definition) is 5. The molecular formula is C14H14N4O3S. The van der Waals surface area contributed by atoms with Crippen molar-refractivity contribution in [1.29, 1.82) is 0 Å². The molecule has 8 heteroatoms. The van der Waals surface area contributed by atoms with Gasteiger partial charge in [-0.1, -0.05) is 17.4 Å². The number of carbonyl (C=O) groups is 2. The Bertz CT molecular complexity index is 716. The summed E-state index contributed by atoms with van der Waals surface area (Å²) in [7, 11) is 0. The first-order valence-electron chi connectivity index (χ1n) is 6.72. The maximum absolute atomic E-state index is 12.5. The Morgan fingerprint density at radius 1 is 1.45 bits per heavy atom. The summed E-state index contributed by atoms with van der Waals surface area (Å²) in [5, 5.41) is 9.52. The lowest BCUT2D eigenvalue weighted by molar-refractivity contribution is 0.0701. The van der Waals surface area contributed by atoms with Gasteiger partial charge in [-0.05, 0) is 18.6 Å². The summed E-state index contributed by atoms with van der Waals surface area (Å²) < 4.78 is 0. The van der Waals surface area contributed by atoms with Crippen LogP contribution in [0.15, 0.2) is 24.5 Å². The van der Waals surface area contributed by atoms with Crippen molar-refractivity contribution in [2.45, 2.75) is 13.5 Å². The van der Waals surface area contributed by atoms with Gasteiger partial charge in [-0.3, -0.25) is 9.88 Å². The minimum Gasteiger partial charge on any atom is -0.477 e. The van der Waals surface area contributed by atoms with Gasteiger partial charge < -0.3 is 10.0 Å². The lowest BCUT2D eigenvalue weighted by Gasteiger charge is -2.16. The molecule has 1 fully saturated rings. The largest absolute Gasteiger partial charge is 0.477 e. The predicted octanol–water partition coefficient (Wildman–Crippen LogP) is 1.99. The topological polar surface area (TPSA) is 86.6 Å². The molecule has 0 atom stereocenters. The molecule has 0 radical (unpaired) electrons. The number of carboxylic acid groups (broad SMARTS) is 1. The number of aromatic nitrogens is 2. The van der Waals surface area contributed by atoms with Gasteiger partial charge >= 0.3 is 12.0 Å². The van der Waals surface area contributed by atoms with Crippen LogP contribution in [0.5, 0.6) is 0 Å². The third-order valence-electron chi connectivity index (χ3n) is 3.40. The van der Waals surface area contributed by atoms with Crippen LogP contribution >= 0.6 is 11.3 Å². The van der Waals surface area contributed by atoms with Gasteiger partial charge in [-0.2, -0.15) is 0 Å². The lowest BCUT2D eigenvalue weighted by atomic mass is 10.3. The van der Waals surface area contributed by atoms with Crippen LogP contribution in [0.2, 0.25) is 0 Å². The number of aromatic carboxylic acids is 1. The first-order valence-corrected chi connectivity index (χ1v) is 7.54. The number of rotatable bonds is 4. The van der Waals surface area contributed by atoms with Crippen molar-refractivity contribution in [2.75, 3.05) is 18.0 Å². The molecule has 1 aliphatic heterocycles. The molecule has 0 saturated carbocycles. The predicted molar refractivity (Wildman–Crippen MR) is 81.2 cm³/mol. The highest BCUT2D eigenvalue weighted by Gasteiger charge is 2.32. The minimum atomic E-state index is -1.01. The number of hydrogen-bond donors (Lipinski definition) is 1. The minimum absolute atomic E-state index is 0.158. The molecule has 0 spiro atoms. The molecule has 7 nitrogen and oxygen atoms in total. The zero-order valence-electron chi connectivity index (χ0n) is 11.9. The van der Waals surface area contributed by atoms with E-state index in [1.165, 1.54) is 4.90 Å². The van der Waals surface area contributed by atoms with Crippen LogP contribution in [0, 0.1) is 6.92 Å². The summed E-state index contributed by atoms with van der Waals surface area (Å²) in [6, 6.07) is 3.59. The van der Waals surface area contributed by atoms with Crippen LogP contribution in [-0.2, 0) is 6.54 Å². The van der Waals surface area contributed by atoms with Gasteiger partial charge in [0.2, 0.25) is 0 Å². The number of carboxylic acids is 1. The molecule has 3 heterocycles. The van der Waals surface area contributed by atoms with Gasteiger partial charge in [0.25, 0.3) is 0 Å². The van der Waals surface area contributed by atoms with E-state index in [1.807, 2.05) is 12.1 Å². The number of urea groups is 1. The molecule has 114 valence electrons. The summed E-state index contributed by atoms with van der Waals surface area (Å²) in [6.07, 6.45) is 3.42. The summed E-state index contributed by atoms with van der Waals surface area (Å²) >= 11 is 1.03. The van der Waals surface area contributed by atoms with Crippen LogP contribution in [0.1, 0.15) is 20.9 Å². The zero-order chi connectivity index (χ0) is 15.7. The summed E-state index contributed by atoms with van der Waals surface area (Å²) in [6.45, 7) is 3.20. The molecule has 1 aliphatic rings. The summed E-state index contributed by atoms with van der Waals surface area (Å²) in [4.78, 5) is 35.2. The van der Waals surface area contributed by atoms with Gasteiger partial charge in [0.1, 0.15) is 4.88 Å². The highest BCUT2D eigenvalue weighted by atomic mass is 32.1. The quantitative estimate of drug-likeness (QED) is 0.931. The average molecular weight is 318 g/mol. The number of thiazole rings is 1. The fourth-order valence-corrected chi connectivity index (χ4v) is 3.24. The lowest BCUT2D eigenvalue weighted by Crippen LogP contribution is -2.31. The van der Waals surface area contributed by atoms with E-state index in [0.717, 1.165) is 16.9 Å². The SMILES string of the molecule is Cc1nc(N2CCN(Cc3cccnc3)C2=O)sc1C(=O)O. The molecule has 0 bridgehead atoms. The van der Waals surface area contributed by atoms with E-state index in [1.54, 1.807) is 24.2 Å². The maximum atomic E-state index is 12.5. The van der Waals surface area contributed by atoms with Crippen molar-refractivity contribution < 1.29 is 14.7 Å². The Morgan fingerprint density at radius 3 is 2.91 bits per heavy atom. The number of pyridine rings is 1. The first kappa shape index (κ1) is 14.5. The Balaban J connectivity index is 1.76. The number of nitrogens with zero attached hydrogens (tertiary/aromatic N) is 4. The molecule has 0 unspecified atom stereocenters. The zero-order valence-corrected chi connectivity index (χ0v) is 12.7. The fourth-order valence-electron chi connectivity index (χ4n) is 2.31. The number of anilines is 1. The third kappa shape index (κ3) is 2.64. The molecular weight excluding hydrogens is 304 g/mol. The normalized spacial score (nSPS) is 14.7. The van der Waals surface area contributed by atoms with Crippen molar-refractivity contribution in [3.63, 3.8) is 0 Å². The molecule has 2 aromatic heterocycles. The highest BCUT2D eigenvalue weighted by molar-refractivity contribution is 7.17. The molecule has 2 amide bonds. The van der Waals surface area contributed by atoms with Crippen LogP contribution < -0.4 is 4.90 Å². The molecule has 0 aromatic carbocycles. The number of amides is 2. The molecule has 3 rings (SSSR count). The maximum Gasteiger partial charge on any atom is 0.347 e. The molecule has 1 N–H and O–H groups in total. The Morgan fingerprint density at radius 2 is 2.27 bits per heavy atom. The van der Waals surface area contributed by atoms with Crippen LogP contribution in [0.3, 0.4) is 0 Å². The number of carbonyl (C=O) groups excluding carboxylic acids is 1. The smallest absolute Gasteiger partial charge is 0.347 e. The van der Waals surface area contributed by atoms with E-state index in [0.29, 0.717) is 30.5 Å². The van der Waals surface area contributed by atoms with Crippen LogP contribution in [-0.4, -0.2) is 45.1 Å². The van der Waals surface area contributed by atoms with E-state index in [2.05, 4.69) is 9.97 Å². The standard InChI is InChI=1S/C14H14N4O3S/c1-9-11(12(19)20)22-13(16-9)18-6-5-17(14(18)21)8-10-3-2-4-15-7-10/h2-4,7H,5-6,8H2,1H3,(H,19,20). The second-order valence-corrected chi connectivity index (χ2v) is 5.91. The first-order chi connectivity index (χ1) is 10.6. The summed E-state index contributed by atoms with van der Waals surface area (Å²) in [5.41, 5.74) is 1.39. The summed E-state index contributed by atoms with van der Waals surface area (Å²) in [5.74, 6) is -1.01. The van der Waals surface area contributed by atoms with Gasteiger partial charge in [-0.15, -0.1) is 0 Å².